The van der Waals surface area contributed by atoms with Gasteiger partial charge < -0.3 is 9.72 Å². The molecule has 0 spiro atoms. The van der Waals surface area contributed by atoms with Gasteiger partial charge in [0, 0.05) is 0 Å². The minimum Gasteiger partial charge on any atom is -0.489 e. The average molecular weight is 415 g/mol. The molecule has 0 radical (unpaired) electrons. The second-order valence-corrected chi connectivity index (χ2v) is 6.76. The standard InChI is InChI=1S/C23H17N3O5/c27-22-21(26(29)30)20(24-23(28)25-22)12-11-15-5-3-9-18(13-15)31-14-17-8-4-7-16-6-1-2-10-19(16)17/h1-13H,14H2,(H2,24,25,27,28)/b12-11-. The molecule has 0 aliphatic rings. The number of rotatable bonds is 6. The maximum Gasteiger partial charge on any atom is 0.357 e. The Morgan fingerprint density at radius 3 is 2.55 bits per heavy atom. The van der Waals surface area contributed by atoms with Gasteiger partial charge in [0.2, 0.25) is 0 Å². The molecule has 0 aliphatic heterocycles. The van der Waals surface area contributed by atoms with Crippen LogP contribution >= 0.6 is 0 Å². The third kappa shape index (κ3) is 4.43. The van der Waals surface area contributed by atoms with Gasteiger partial charge in [0.1, 0.15) is 18.1 Å². The number of H-pyrrole nitrogens is 2. The Labute approximate surface area is 175 Å². The number of hydrogen-bond donors (Lipinski definition) is 2. The normalized spacial score (nSPS) is 11.1. The van der Waals surface area contributed by atoms with Gasteiger partial charge in [0.25, 0.3) is 0 Å². The molecule has 0 fully saturated rings. The summed E-state index contributed by atoms with van der Waals surface area (Å²) in [6.07, 6.45) is 2.88. The Morgan fingerprint density at radius 2 is 1.71 bits per heavy atom. The Morgan fingerprint density at radius 1 is 0.935 bits per heavy atom. The van der Waals surface area contributed by atoms with Gasteiger partial charge in [-0.3, -0.25) is 19.9 Å². The largest absolute Gasteiger partial charge is 0.489 e. The van der Waals surface area contributed by atoms with E-state index < -0.39 is 21.9 Å². The molecule has 0 aliphatic carbocycles. The van der Waals surface area contributed by atoms with Crippen LogP contribution in [0.1, 0.15) is 16.8 Å². The van der Waals surface area contributed by atoms with Crippen molar-refractivity contribution < 1.29 is 9.66 Å². The lowest BCUT2D eigenvalue weighted by molar-refractivity contribution is -0.386. The third-order valence-electron chi connectivity index (χ3n) is 4.70. The molecule has 0 atom stereocenters. The van der Waals surface area contributed by atoms with Crippen LogP contribution in [-0.2, 0) is 6.61 Å². The van der Waals surface area contributed by atoms with Crippen LogP contribution in [0.3, 0.4) is 0 Å². The fourth-order valence-electron chi connectivity index (χ4n) is 3.27. The minimum atomic E-state index is -1.06. The van der Waals surface area contributed by atoms with E-state index in [-0.39, 0.29) is 5.69 Å². The van der Waals surface area contributed by atoms with Crippen LogP contribution in [0.4, 0.5) is 5.69 Å². The zero-order chi connectivity index (χ0) is 21.8. The first-order valence-corrected chi connectivity index (χ1v) is 9.40. The van der Waals surface area contributed by atoms with Crippen molar-refractivity contribution in [3.05, 3.63) is 115 Å². The van der Waals surface area contributed by atoms with Crippen molar-refractivity contribution in [1.29, 1.82) is 0 Å². The molecule has 8 heteroatoms. The van der Waals surface area contributed by atoms with Crippen molar-refractivity contribution in [2.24, 2.45) is 0 Å². The summed E-state index contributed by atoms with van der Waals surface area (Å²) in [7, 11) is 0. The number of nitrogens with zero attached hydrogens (tertiary/aromatic N) is 1. The number of nitro groups is 1. The van der Waals surface area contributed by atoms with Gasteiger partial charge in [-0.25, -0.2) is 4.79 Å². The highest BCUT2D eigenvalue weighted by Gasteiger charge is 2.18. The zero-order valence-corrected chi connectivity index (χ0v) is 16.2. The predicted octanol–water partition coefficient (Wildman–Crippen LogP) is 3.87. The topological polar surface area (TPSA) is 118 Å². The molecule has 4 rings (SSSR count). The number of hydrogen-bond acceptors (Lipinski definition) is 5. The summed E-state index contributed by atoms with van der Waals surface area (Å²) in [5.41, 5.74) is -1.04. The van der Waals surface area contributed by atoms with E-state index in [1.807, 2.05) is 47.4 Å². The summed E-state index contributed by atoms with van der Waals surface area (Å²) in [6.45, 7) is 0.376. The van der Waals surface area contributed by atoms with Gasteiger partial charge in [-0.15, -0.1) is 0 Å². The molecule has 0 bridgehead atoms. The number of benzene rings is 3. The zero-order valence-electron chi connectivity index (χ0n) is 16.2. The molecule has 0 amide bonds. The molecule has 0 saturated heterocycles. The number of aromatic amines is 2. The first-order chi connectivity index (χ1) is 15.0. The van der Waals surface area contributed by atoms with E-state index in [0.717, 1.165) is 16.3 Å². The van der Waals surface area contributed by atoms with E-state index in [1.54, 1.807) is 30.3 Å². The number of nitrogens with one attached hydrogen (secondary N) is 2. The molecule has 154 valence electrons. The van der Waals surface area contributed by atoms with Crippen molar-refractivity contribution >= 4 is 28.6 Å². The van der Waals surface area contributed by atoms with E-state index >= 15 is 0 Å². The van der Waals surface area contributed by atoms with Crippen molar-refractivity contribution in [1.82, 2.24) is 9.97 Å². The Balaban J connectivity index is 1.56. The SMILES string of the molecule is O=c1[nH]c(/C=C\c2cccc(OCc3cccc4ccccc34)c2)c([N+](=O)[O-])c(=O)[nH]1. The Hall–Kier alpha value is -4.46. The summed E-state index contributed by atoms with van der Waals surface area (Å²) in [5.74, 6) is 0.615. The molecule has 3 aromatic carbocycles. The van der Waals surface area contributed by atoms with Crippen LogP contribution in [0.5, 0.6) is 5.75 Å². The second kappa shape index (κ2) is 8.50. The quantitative estimate of drug-likeness (QED) is 0.366. The van der Waals surface area contributed by atoms with Crippen molar-refractivity contribution in [3.8, 4) is 5.75 Å². The highest BCUT2D eigenvalue weighted by Crippen LogP contribution is 2.22. The van der Waals surface area contributed by atoms with E-state index in [2.05, 4.69) is 4.98 Å². The molecule has 4 aromatic rings. The Kier molecular flexibility index (Phi) is 5.44. The summed E-state index contributed by atoms with van der Waals surface area (Å²) >= 11 is 0. The van der Waals surface area contributed by atoms with Crippen LogP contribution in [0.15, 0.2) is 76.3 Å². The van der Waals surface area contributed by atoms with Gasteiger partial charge in [-0.2, -0.15) is 0 Å². The first-order valence-electron chi connectivity index (χ1n) is 9.40. The van der Waals surface area contributed by atoms with Crippen molar-refractivity contribution in [3.63, 3.8) is 0 Å². The molecule has 0 saturated carbocycles. The van der Waals surface area contributed by atoms with Crippen LogP contribution in [0.25, 0.3) is 22.9 Å². The highest BCUT2D eigenvalue weighted by molar-refractivity contribution is 5.85. The maximum absolute atomic E-state index is 11.7. The fraction of sp³-hybridized carbons (Fsp3) is 0.0435. The van der Waals surface area contributed by atoms with E-state index in [4.69, 9.17) is 4.74 Å². The third-order valence-corrected chi connectivity index (χ3v) is 4.70. The lowest BCUT2D eigenvalue weighted by Gasteiger charge is -2.09. The molecule has 1 heterocycles. The predicted molar refractivity (Wildman–Crippen MR) is 118 cm³/mol. The summed E-state index contributed by atoms with van der Waals surface area (Å²) in [4.78, 5) is 37.6. The molecule has 8 nitrogen and oxygen atoms in total. The molecule has 2 N–H and O–H groups in total. The van der Waals surface area contributed by atoms with Crippen molar-refractivity contribution in [2.45, 2.75) is 6.61 Å². The van der Waals surface area contributed by atoms with Gasteiger partial charge in [-0.05, 0) is 40.1 Å². The monoisotopic (exact) mass is 415 g/mol. The maximum atomic E-state index is 11.7. The van der Waals surface area contributed by atoms with E-state index in [1.165, 1.54) is 6.08 Å². The molecule has 31 heavy (non-hydrogen) atoms. The number of ether oxygens (including phenoxy) is 1. The van der Waals surface area contributed by atoms with Crippen molar-refractivity contribution in [2.75, 3.05) is 0 Å². The van der Waals surface area contributed by atoms with E-state index in [0.29, 0.717) is 17.9 Å². The van der Waals surface area contributed by atoms with E-state index in [9.17, 15) is 19.7 Å². The second-order valence-electron chi connectivity index (χ2n) is 6.76. The van der Waals surface area contributed by atoms with Gasteiger partial charge in [-0.1, -0.05) is 60.7 Å². The first kappa shape index (κ1) is 19.8. The molecule has 1 aromatic heterocycles. The summed E-state index contributed by atoms with van der Waals surface area (Å²) in [5, 5.41) is 13.4. The lowest BCUT2D eigenvalue weighted by Crippen LogP contribution is -2.25. The van der Waals surface area contributed by atoms with Crippen LogP contribution in [0.2, 0.25) is 0 Å². The summed E-state index contributed by atoms with van der Waals surface area (Å²) in [6, 6.07) is 21.2. The molecule has 0 unspecified atom stereocenters. The minimum absolute atomic E-state index is 0.180. The van der Waals surface area contributed by atoms with Gasteiger partial charge in [0.05, 0.1) is 4.92 Å². The molecular formula is C23H17N3O5. The fourth-order valence-corrected chi connectivity index (χ4v) is 3.27. The van der Waals surface area contributed by atoms with Crippen LogP contribution in [0, 0.1) is 10.1 Å². The van der Waals surface area contributed by atoms with Gasteiger partial charge >= 0.3 is 16.9 Å². The summed E-state index contributed by atoms with van der Waals surface area (Å²) < 4.78 is 5.94. The van der Waals surface area contributed by atoms with Crippen LogP contribution in [-0.4, -0.2) is 14.9 Å². The lowest BCUT2D eigenvalue weighted by atomic mass is 10.1. The molecular weight excluding hydrogens is 398 g/mol. The van der Waals surface area contributed by atoms with Gasteiger partial charge in [0.15, 0.2) is 0 Å². The Bertz CT molecular complexity index is 1410. The number of fused-ring (bicyclic) bond motifs is 1. The number of aromatic nitrogens is 2. The van der Waals surface area contributed by atoms with Crippen LogP contribution < -0.4 is 16.0 Å². The smallest absolute Gasteiger partial charge is 0.357 e. The highest BCUT2D eigenvalue weighted by atomic mass is 16.6. The average Bonchev–Trinajstić information content (AvgIpc) is 2.76.